The van der Waals surface area contributed by atoms with Gasteiger partial charge in [0.1, 0.15) is 12.2 Å². The number of rotatable bonds is 12. The summed E-state index contributed by atoms with van der Waals surface area (Å²) in [5, 5.41) is 11.2. The normalized spacial score (nSPS) is 11.1. The molecule has 0 saturated heterocycles. The molecule has 1 aromatic rings. The fraction of sp³-hybridized carbons (Fsp3) is 0.833. The number of hydrogen-bond acceptors (Lipinski definition) is 6. The molecule has 7 nitrogen and oxygen atoms in total. The van der Waals surface area contributed by atoms with Crippen LogP contribution in [-0.4, -0.2) is 61.5 Å². The fourth-order valence-corrected chi connectivity index (χ4v) is 1.49. The van der Waals surface area contributed by atoms with Gasteiger partial charge in [-0.25, -0.2) is 0 Å². The van der Waals surface area contributed by atoms with Crippen LogP contribution in [0, 0.1) is 0 Å². The van der Waals surface area contributed by atoms with Crippen molar-refractivity contribution in [3.63, 3.8) is 0 Å². The highest BCUT2D eigenvalue weighted by Gasteiger charge is 2.00. The van der Waals surface area contributed by atoms with Crippen molar-refractivity contribution in [2.75, 3.05) is 46.7 Å². The first-order valence-corrected chi connectivity index (χ1v) is 6.60. The van der Waals surface area contributed by atoms with E-state index in [2.05, 4.69) is 22.4 Å². The molecule has 0 aliphatic rings. The Bertz CT molecular complexity index is 320. The van der Waals surface area contributed by atoms with Crippen LogP contribution in [0.1, 0.15) is 12.7 Å². The van der Waals surface area contributed by atoms with Gasteiger partial charge in [0.15, 0.2) is 0 Å². The van der Waals surface area contributed by atoms with E-state index in [1.165, 1.54) is 0 Å². The van der Waals surface area contributed by atoms with Crippen LogP contribution >= 0.6 is 0 Å². The van der Waals surface area contributed by atoms with Crippen molar-refractivity contribution in [1.29, 1.82) is 0 Å². The molecule has 0 aliphatic carbocycles. The zero-order chi connectivity index (χ0) is 13.8. The topological polar surface area (TPSA) is 70.4 Å². The Labute approximate surface area is 114 Å². The highest BCUT2D eigenvalue weighted by atomic mass is 16.5. The predicted molar refractivity (Wildman–Crippen MR) is 70.9 cm³/mol. The number of hydrogen-bond donors (Lipinski definition) is 1. The number of nitrogens with one attached hydrogen (secondary N) is 1. The van der Waals surface area contributed by atoms with Gasteiger partial charge in [0.2, 0.25) is 0 Å². The summed E-state index contributed by atoms with van der Waals surface area (Å²) in [6, 6.07) is 0. The van der Waals surface area contributed by atoms with Crippen LogP contribution in [0.15, 0.2) is 6.33 Å². The molecule has 0 fully saturated rings. The number of methoxy groups -OCH3 is 1. The molecule has 7 heteroatoms. The third-order valence-corrected chi connectivity index (χ3v) is 2.55. The van der Waals surface area contributed by atoms with E-state index in [4.69, 9.17) is 14.2 Å². The second kappa shape index (κ2) is 10.9. The van der Waals surface area contributed by atoms with Crippen molar-refractivity contribution in [3.8, 4) is 0 Å². The van der Waals surface area contributed by atoms with Gasteiger partial charge in [-0.15, -0.1) is 10.2 Å². The van der Waals surface area contributed by atoms with E-state index in [1.807, 2.05) is 4.57 Å². The summed E-state index contributed by atoms with van der Waals surface area (Å²) in [6.45, 7) is 7.57. The number of ether oxygens (including phenoxy) is 3. The monoisotopic (exact) mass is 272 g/mol. The molecule has 1 aromatic heterocycles. The predicted octanol–water partition coefficient (Wildman–Crippen LogP) is 0.0672. The molecular weight excluding hydrogens is 248 g/mol. The molecule has 19 heavy (non-hydrogen) atoms. The second-order valence-electron chi connectivity index (χ2n) is 3.93. The average molecular weight is 272 g/mol. The number of nitrogens with zero attached hydrogens (tertiary/aromatic N) is 3. The fourth-order valence-electron chi connectivity index (χ4n) is 1.49. The van der Waals surface area contributed by atoms with Gasteiger partial charge in [0.05, 0.1) is 39.6 Å². The van der Waals surface area contributed by atoms with Crippen LogP contribution in [0.5, 0.6) is 0 Å². The molecule has 1 N–H and O–H groups in total. The van der Waals surface area contributed by atoms with Crippen LogP contribution in [0.3, 0.4) is 0 Å². The Morgan fingerprint density at radius 2 is 1.89 bits per heavy atom. The molecular formula is C12H24N4O3. The molecule has 0 amide bonds. The Morgan fingerprint density at radius 3 is 2.63 bits per heavy atom. The molecule has 1 rings (SSSR count). The van der Waals surface area contributed by atoms with Gasteiger partial charge in [0, 0.05) is 20.2 Å². The van der Waals surface area contributed by atoms with E-state index in [9.17, 15) is 0 Å². The van der Waals surface area contributed by atoms with E-state index in [0.29, 0.717) is 39.6 Å². The summed E-state index contributed by atoms with van der Waals surface area (Å²) >= 11 is 0. The van der Waals surface area contributed by atoms with Gasteiger partial charge in [0.25, 0.3) is 0 Å². The Morgan fingerprint density at radius 1 is 1.16 bits per heavy atom. The summed E-state index contributed by atoms with van der Waals surface area (Å²) in [7, 11) is 1.66. The van der Waals surface area contributed by atoms with E-state index < -0.39 is 0 Å². The minimum Gasteiger partial charge on any atom is -0.382 e. The highest BCUT2D eigenvalue weighted by molar-refractivity contribution is 4.84. The Balaban J connectivity index is 1.89. The van der Waals surface area contributed by atoms with E-state index >= 15 is 0 Å². The summed E-state index contributed by atoms with van der Waals surface area (Å²) in [6.07, 6.45) is 1.74. The first-order chi connectivity index (χ1) is 9.38. The smallest absolute Gasteiger partial charge is 0.146 e. The minimum absolute atomic E-state index is 0.605. The van der Waals surface area contributed by atoms with Crippen LogP contribution in [-0.2, 0) is 27.3 Å². The van der Waals surface area contributed by atoms with Gasteiger partial charge >= 0.3 is 0 Å². The molecule has 0 atom stereocenters. The first kappa shape index (κ1) is 16.0. The third-order valence-electron chi connectivity index (χ3n) is 2.55. The molecule has 0 saturated carbocycles. The molecule has 1 heterocycles. The van der Waals surface area contributed by atoms with E-state index in [0.717, 1.165) is 18.9 Å². The van der Waals surface area contributed by atoms with Crippen molar-refractivity contribution in [3.05, 3.63) is 12.2 Å². The summed E-state index contributed by atoms with van der Waals surface area (Å²) in [4.78, 5) is 0. The molecule has 110 valence electrons. The quantitative estimate of drug-likeness (QED) is 0.543. The third kappa shape index (κ3) is 7.22. The van der Waals surface area contributed by atoms with Crippen molar-refractivity contribution in [2.24, 2.45) is 0 Å². The summed E-state index contributed by atoms with van der Waals surface area (Å²) in [5.74, 6) is 0.949. The lowest BCUT2D eigenvalue weighted by Gasteiger charge is -2.07. The molecule has 0 radical (unpaired) electrons. The van der Waals surface area contributed by atoms with Crippen LogP contribution in [0.2, 0.25) is 0 Å². The lowest BCUT2D eigenvalue weighted by atomic mass is 10.5. The molecule has 0 bridgehead atoms. The van der Waals surface area contributed by atoms with Gasteiger partial charge in [-0.3, -0.25) is 0 Å². The Kier molecular flexibility index (Phi) is 9.17. The summed E-state index contributed by atoms with van der Waals surface area (Å²) in [5.41, 5.74) is 0. The lowest BCUT2D eigenvalue weighted by molar-refractivity contribution is 0.0255. The standard InChI is InChI=1S/C12H24N4O3/c1-3-16-11-14-15-12(16)10-13-4-5-18-8-9-19-7-6-17-2/h11,13H,3-10H2,1-2H3. The van der Waals surface area contributed by atoms with Crippen molar-refractivity contribution in [2.45, 2.75) is 20.0 Å². The van der Waals surface area contributed by atoms with Crippen molar-refractivity contribution in [1.82, 2.24) is 20.1 Å². The maximum absolute atomic E-state index is 5.42. The lowest BCUT2D eigenvalue weighted by Crippen LogP contribution is -2.22. The zero-order valence-electron chi connectivity index (χ0n) is 11.8. The van der Waals surface area contributed by atoms with Gasteiger partial charge in [-0.05, 0) is 6.92 Å². The maximum Gasteiger partial charge on any atom is 0.146 e. The largest absolute Gasteiger partial charge is 0.382 e. The summed E-state index contributed by atoms with van der Waals surface area (Å²) < 4.78 is 17.6. The minimum atomic E-state index is 0.605. The zero-order valence-corrected chi connectivity index (χ0v) is 11.8. The molecule has 0 aliphatic heterocycles. The number of aromatic nitrogens is 3. The number of aryl methyl sites for hydroxylation is 1. The van der Waals surface area contributed by atoms with Crippen LogP contribution < -0.4 is 5.32 Å². The van der Waals surface area contributed by atoms with Crippen LogP contribution in [0.25, 0.3) is 0 Å². The average Bonchev–Trinajstić information content (AvgIpc) is 2.88. The molecule has 0 spiro atoms. The second-order valence-corrected chi connectivity index (χ2v) is 3.93. The maximum atomic E-state index is 5.42. The van der Waals surface area contributed by atoms with E-state index in [1.54, 1.807) is 13.4 Å². The molecule has 0 aromatic carbocycles. The SMILES string of the molecule is CCn1cnnc1CNCCOCCOCCOC. The van der Waals surface area contributed by atoms with Crippen LogP contribution in [0.4, 0.5) is 0 Å². The van der Waals surface area contributed by atoms with E-state index in [-0.39, 0.29) is 0 Å². The van der Waals surface area contributed by atoms with Gasteiger partial charge < -0.3 is 24.1 Å². The first-order valence-electron chi connectivity index (χ1n) is 6.60. The van der Waals surface area contributed by atoms with Crippen molar-refractivity contribution < 1.29 is 14.2 Å². The Hall–Kier alpha value is -1.02. The van der Waals surface area contributed by atoms with Crippen molar-refractivity contribution >= 4 is 0 Å². The van der Waals surface area contributed by atoms with Gasteiger partial charge in [-0.1, -0.05) is 0 Å². The highest BCUT2D eigenvalue weighted by Crippen LogP contribution is 1.93. The molecule has 0 unspecified atom stereocenters. The van der Waals surface area contributed by atoms with Gasteiger partial charge in [-0.2, -0.15) is 0 Å².